The van der Waals surface area contributed by atoms with Gasteiger partial charge < -0.3 is 24.5 Å². The van der Waals surface area contributed by atoms with Gasteiger partial charge in [-0.15, -0.1) is 0 Å². The van der Waals surface area contributed by atoms with E-state index in [1.807, 2.05) is 60.7 Å². The Hall–Kier alpha value is -4.60. The number of aromatic nitrogens is 4. The number of alkyl halides is 3. The van der Waals surface area contributed by atoms with Crippen molar-refractivity contribution < 1.29 is 31.9 Å². The minimum Gasteiger partial charge on any atom is -0.449 e. The first-order valence-electron chi connectivity index (χ1n) is 15.8. The van der Waals surface area contributed by atoms with Crippen molar-refractivity contribution in [3.63, 3.8) is 0 Å². The molecule has 256 valence electrons. The average Bonchev–Trinajstić information content (AvgIpc) is 3.09. The fourth-order valence-corrected chi connectivity index (χ4v) is 6.79. The zero-order chi connectivity index (χ0) is 34.8. The first-order chi connectivity index (χ1) is 23.4. The van der Waals surface area contributed by atoms with Crippen molar-refractivity contribution in [3.8, 4) is 11.3 Å². The highest BCUT2D eigenvalue weighted by molar-refractivity contribution is 6.32. The van der Waals surface area contributed by atoms with Crippen LogP contribution < -0.4 is 15.5 Å². The lowest BCUT2D eigenvalue weighted by molar-refractivity contribution is -0.140. The molecule has 1 amide bonds. The van der Waals surface area contributed by atoms with Gasteiger partial charge in [0.25, 0.3) is 0 Å². The van der Waals surface area contributed by atoms with E-state index in [2.05, 4.69) is 35.7 Å². The Labute approximate surface area is 284 Å². The molecule has 2 fully saturated rings. The molecule has 4 aromatic rings. The van der Waals surface area contributed by atoms with Crippen molar-refractivity contribution in [2.75, 3.05) is 48.4 Å². The molecule has 2 N–H and O–H groups in total. The summed E-state index contributed by atoms with van der Waals surface area (Å²) in [7, 11) is -0.0124. The monoisotopic (exact) mass is 691 g/mol. The van der Waals surface area contributed by atoms with Crippen molar-refractivity contribution in [2.45, 2.75) is 50.0 Å². The highest BCUT2D eigenvalue weighted by Crippen LogP contribution is 2.45. The highest BCUT2D eigenvalue weighted by Gasteiger charge is 2.51. The number of benzene rings is 2. The molecular weight excluding hydrogens is 655 g/mol. The average molecular weight is 692 g/mol. The number of morpholine rings is 1. The van der Waals surface area contributed by atoms with Gasteiger partial charge in [-0.1, -0.05) is 81.4 Å². The molecule has 2 saturated heterocycles. The number of nitrogens with zero attached hydrogens (tertiary/aromatic N) is 6. The summed E-state index contributed by atoms with van der Waals surface area (Å²) in [5.74, 6) is -0.392. The van der Waals surface area contributed by atoms with Gasteiger partial charge in [-0.3, -0.25) is 4.90 Å². The molecule has 0 aliphatic carbocycles. The quantitative estimate of drug-likeness (QED) is 0.224. The molecule has 49 heavy (non-hydrogen) atoms. The maximum atomic E-state index is 14.3. The number of rotatable bonds is 8. The molecule has 11 nitrogen and oxygen atoms in total. The lowest BCUT2D eigenvalue weighted by atomic mass is 9.78. The van der Waals surface area contributed by atoms with E-state index in [0.717, 1.165) is 17.3 Å². The van der Waals surface area contributed by atoms with Crippen LogP contribution in [0.2, 0.25) is 5.04 Å². The van der Waals surface area contributed by atoms with Gasteiger partial charge in [-0.2, -0.15) is 18.2 Å². The summed E-state index contributed by atoms with van der Waals surface area (Å²) >= 11 is 0. The Bertz CT molecular complexity index is 1730. The molecule has 0 spiro atoms. The summed E-state index contributed by atoms with van der Waals surface area (Å²) in [6.45, 7) is 7.78. The van der Waals surface area contributed by atoms with E-state index in [4.69, 9.17) is 24.6 Å². The second-order valence-corrected chi connectivity index (χ2v) is 14.6. The fourth-order valence-electron chi connectivity index (χ4n) is 5.95. The highest BCUT2D eigenvalue weighted by atomic mass is 28.2. The van der Waals surface area contributed by atoms with E-state index in [1.54, 1.807) is 4.90 Å². The third-order valence-corrected chi connectivity index (χ3v) is 9.15. The Kier molecular flexibility index (Phi) is 9.60. The Balaban J connectivity index is 1.60. The van der Waals surface area contributed by atoms with Crippen LogP contribution >= 0.6 is 0 Å². The summed E-state index contributed by atoms with van der Waals surface area (Å²) in [5, 5.41) is -0.246. The van der Waals surface area contributed by atoms with E-state index < -0.39 is 41.1 Å². The number of amides is 1. The molecule has 6 rings (SSSR count). The topological polar surface area (TPSA) is 129 Å². The van der Waals surface area contributed by atoms with Crippen LogP contribution in [0.15, 0.2) is 72.9 Å². The Morgan fingerprint density at radius 2 is 1.55 bits per heavy atom. The van der Waals surface area contributed by atoms with E-state index in [1.165, 1.54) is 11.0 Å². The predicted molar refractivity (Wildman–Crippen MR) is 178 cm³/mol. The van der Waals surface area contributed by atoms with Gasteiger partial charge in [0, 0.05) is 37.3 Å². The Morgan fingerprint density at radius 3 is 2.14 bits per heavy atom. The number of anilines is 3. The van der Waals surface area contributed by atoms with Crippen LogP contribution in [0.1, 0.15) is 44.0 Å². The maximum absolute atomic E-state index is 14.3. The van der Waals surface area contributed by atoms with Crippen molar-refractivity contribution in [2.24, 2.45) is 0 Å². The molecule has 0 bridgehead atoms. The van der Waals surface area contributed by atoms with Crippen LogP contribution in [0.25, 0.3) is 11.3 Å². The molecule has 2 aromatic carbocycles. The van der Waals surface area contributed by atoms with Crippen LogP contribution in [0.3, 0.4) is 0 Å². The zero-order valence-electron chi connectivity index (χ0n) is 27.3. The molecule has 15 heteroatoms. The van der Waals surface area contributed by atoms with Gasteiger partial charge in [0.15, 0.2) is 5.69 Å². The normalized spacial score (nSPS) is 17.6. The first-order valence-corrected chi connectivity index (χ1v) is 16.7. The molecule has 2 aliphatic rings. The number of carbonyl (C=O) groups excluding carboxylic acids is 1. The number of hydrogen-bond acceptors (Lipinski definition) is 10. The summed E-state index contributed by atoms with van der Waals surface area (Å²) in [6.07, 6.45) is -4.30. The van der Waals surface area contributed by atoms with Crippen LogP contribution in [-0.4, -0.2) is 74.7 Å². The second-order valence-electron chi connectivity index (χ2n) is 12.7. The van der Waals surface area contributed by atoms with Crippen molar-refractivity contribution in [3.05, 3.63) is 89.7 Å². The molecule has 2 aromatic heterocycles. The van der Waals surface area contributed by atoms with Gasteiger partial charge >= 0.3 is 12.3 Å². The lowest BCUT2D eigenvalue weighted by Crippen LogP contribution is -2.59. The number of nitrogen functional groups attached to an aromatic ring is 1. The minimum atomic E-state index is -4.87. The van der Waals surface area contributed by atoms with Gasteiger partial charge in [0.1, 0.15) is 11.4 Å². The minimum absolute atomic E-state index is 0.0124. The van der Waals surface area contributed by atoms with Gasteiger partial charge in [0.05, 0.1) is 31.6 Å². The first kappa shape index (κ1) is 34.3. The molecular formula is C34H36F3N7O4Si. The van der Waals surface area contributed by atoms with Crippen LogP contribution in [0.5, 0.6) is 0 Å². The number of cyclic esters (lactones) is 1. The van der Waals surface area contributed by atoms with E-state index >= 15 is 0 Å². The molecule has 2 aliphatic heterocycles. The smallest absolute Gasteiger partial charge is 0.434 e. The SMILES string of the molecule is CC(C)(C)[Si]OC(c1ccccc1)(c1ccccc1)[C@@H]1CCOC(=O)N1c1cc(-c2cnc(N)nc2C(F)(F)F)nc(N2CCOCC2)n1. The number of halogens is 3. The van der Waals surface area contributed by atoms with E-state index in [-0.39, 0.29) is 38.9 Å². The number of hydrogen-bond donors (Lipinski definition) is 1. The predicted octanol–water partition coefficient (Wildman–Crippen LogP) is 5.88. The maximum Gasteiger partial charge on any atom is 0.434 e. The summed E-state index contributed by atoms with van der Waals surface area (Å²) in [4.78, 5) is 34.0. The van der Waals surface area contributed by atoms with E-state index in [9.17, 15) is 18.0 Å². The molecule has 0 saturated carbocycles. The summed E-state index contributed by atoms with van der Waals surface area (Å²) in [5.41, 5.74) is 4.12. The van der Waals surface area contributed by atoms with E-state index in [0.29, 0.717) is 32.7 Å². The number of ether oxygens (including phenoxy) is 2. The number of nitrogens with two attached hydrogens (primary N) is 1. The summed E-state index contributed by atoms with van der Waals surface area (Å²) in [6, 6.07) is 19.8. The van der Waals surface area contributed by atoms with Gasteiger partial charge in [-0.25, -0.2) is 19.7 Å². The summed E-state index contributed by atoms with van der Waals surface area (Å²) < 4.78 is 61.2. The third kappa shape index (κ3) is 7.23. The Morgan fingerprint density at radius 1 is 0.918 bits per heavy atom. The standard InChI is InChI=1S/C34H36F3N7O4Si/c1-32(2,3)49-48-33(22-10-6-4-7-11-22,23-12-8-5-9-13-23)26-14-17-47-31(45)44(26)27-20-25(40-30(41-27)43-15-18-46-19-16-43)24-21-39-29(38)42-28(24)34(35,36)37/h4-13,20-21,26H,14-19H2,1-3H3,(H2,38,39,42)/t26-/m0/s1. The largest absolute Gasteiger partial charge is 0.449 e. The molecule has 2 radical (unpaired) electrons. The zero-order valence-corrected chi connectivity index (χ0v) is 28.3. The van der Waals surface area contributed by atoms with Gasteiger partial charge in [-0.05, 0) is 16.2 Å². The second kappa shape index (κ2) is 13.7. The molecule has 4 heterocycles. The molecule has 0 unspecified atom stereocenters. The third-order valence-electron chi connectivity index (χ3n) is 8.11. The van der Waals surface area contributed by atoms with Crippen molar-refractivity contribution in [1.82, 2.24) is 19.9 Å². The fraction of sp³-hybridized carbons (Fsp3) is 0.382. The van der Waals surface area contributed by atoms with Gasteiger partial charge in [0.2, 0.25) is 21.7 Å². The van der Waals surface area contributed by atoms with Crippen LogP contribution in [0.4, 0.5) is 35.7 Å². The van der Waals surface area contributed by atoms with Crippen molar-refractivity contribution >= 4 is 33.6 Å². The van der Waals surface area contributed by atoms with Crippen LogP contribution in [0, 0.1) is 0 Å². The van der Waals surface area contributed by atoms with Crippen LogP contribution in [-0.2, 0) is 25.7 Å². The lowest BCUT2D eigenvalue weighted by Gasteiger charge is -2.48. The number of carbonyl (C=O) groups is 1. The molecule has 1 atom stereocenters. The van der Waals surface area contributed by atoms with Crippen molar-refractivity contribution in [1.29, 1.82) is 0 Å².